The van der Waals surface area contributed by atoms with Gasteiger partial charge < -0.3 is 10.2 Å². The van der Waals surface area contributed by atoms with Crippen molar-refractivity contribution in [3.63, 3.8) is 0 Å². The van der Waals surface area contributed by atoms with Gasteiger partial charge in [0.25, 0.3) is 0 Å². The van der Waals surface area contributed by atoms with Gasteiger partial charge in [-0.25, -0.2) is 0 Å². The fourth-order valence-electron chi connectivity index (χ4n) is 1.62. The molecule has 0 fully saturated rings. The molecule has 96 valence electrons. The number of nitrogens with one attached hydrogen (secondary N) is 1. The van der Waals surface area contributed by atoms with Crippen LogP contribution in [-0.4, -0.2) is 29.6 Å². The Bertz CT molecular complexity index is 188. The highest BCUT2D eigenvalue weighted by atomic mass is 32.1. The normalized spacial score (nSPS) is 10.9. The third-order valence-corrected chi connectivity index (χ3v) is 3.37. The predicted octanol–water partition coefficient (Wildman–Crippen LogP) is 3.28. The lowest BCUT2D eigenvalue weighted by Crippen LogP contribution is -2.43. The first-order chi connectivity index (χ1) is 7.54. The van der Waals surface area contributed by atoms with Gasteiger partial charge in [0, 0.05) is 19.6 Å². The van der Waals surface area contributed by atoms with Crippen LogP contribution < -0.4 is 5.32 Å². The molecule has 0 rings (SSSR count). The van der Waals surface area contributed by atoms with E-state index in [-0.39, 0.29) is 0 Å². The molecule has 0 aromatic heterocycles. The van der Waals surface area contributed by atoms with Crippen molar-refractivity contribution in [3.8, 4) is 0 Å². The third-order valence-electron chi connectivity index (χ3n) is 2.96. The molecule has 0 atom stereocenters. The Morgan fingerprint density at radius 2 is 1.75 bits per heavy atom. The van der Waals surface area contributed by atoms with Gasteiger partial charge in [0.2, 0.25) is 0 Å². The van der Waals surface area contributed by atoms with Crippen molar-refractivity contribution in [3.05, 3.63) is 0 Å². The zero-order valence-electron chi connectivity index (χ0n) is 11.5. The highest BCUT2D eigenvalue weighted by Gasteiger charge is 2.12. The van der Waals surface area contributed by atoms with E-state index in [0.29, 0.717) is 5.92 Å². The molecule has 0 bridgehead atoms. The summed E-state index contributed by atoms with van der Waals surface area (Å²) in [6, 6.07) is 0. The van der Waals surface area contributed by atoms with Crippen molar-refractivity contribution in [2.45, 2.75) is 47.5 Å². The van der Waals surface area contributed by atoms with Crippen molar-refractivity contribution < 1.29 is 0 Å². The lowest BCUT2D eigenvalue weighted by atomic mass is 10.0. The molecule has 0 amide bonds. The van der Waals surface area contributed by atoms with Crippen LogP contribution in [0.15, 0.2) is 0 Å². The molecule has 0 saturated heterocycles. The maximum Gasteiger partial charge on any atom is 0.168 e. The van der Waals surface area contributed by atoms with E-state index in [1.165, 1.54) is 12.8 Å². The van der Waals surface area contributed by atoms with E-state index in [1.54, 1.807) is 0 Å². The van der Waals surface area contributed by atoms with Crippen LogP contribution in [0.3, 0.4) is 0 Å². The van der Waals surface area contributed by atoms with E-state index < -0.39 is 0 Å². The first kappa shape index (κ1) is 15.7. The van der Waals surface area contributed by atoms with E-state index in [9.17, 15) is 0 Å². The highest BCUT2D eigenvalue weighted by Crippen LogP contribution is 2.10. The largest absolute Gasteiger partial charge is 0.362 e. The van der Waals surface area contributed by atoms with Crippen LogP contribution in [0.5, 0.6) is 0 Å². The lowest BCUT2D eigenvalue weighted by molar-refractivity contribution is 0.330. The molecular formula is C13H28N2S. The average molecular weight is 244 g/mol. The minimum atomic E-state index is 0.643. The Hall–Kier alpha value is -0.310. The average Bonchev–Trinajstić information content (AvgIpc) is 2.27. The Labute approximate surface area is 107 Å². The number of hydrogen-bond acceptors (Lipinski definition) is 1. The molecule has 0 unspecified atom stereocenters. The molecule has 0 aromatic rings. The van der Waals surface area contributed by atoms with Crippen molar-refractivity contribution in [1.29, 1.82) is 0 Å². The number of thiocarbonyl (C=S) groups is 1. The lowest BCUT2D eigenvalue weighted by Gasteiger charge is -2.28. The molecular weight excluding hydrogens is 216 g/mol. The standard InChI is InChI=1S/C13H28N2S/c1-6-12(7-2)10-15(8-3)13(16)14-9-11(4)5/h11-12H,6-10H2,1-5H3,(H,14,16). The van der Waals surface area contributed by atoms with Crippen molar-refractivity contribution in [2.75, 3.05) is 19.6 Å². The fraction of sp³-hybridized carbons (Fsp3) is 0.923. The second kappa shape index (κ2) is 8.80. The zero-order chi connectivity index (χ0) is 12.6. The van der Waals surface area contributed by atoms with Gasteiger partial charge in [0.05, 0.1) is 0 Å². The van der Waals surface area contributed by atoms with E-state index >= 15 is 0 Å². The molecule has 0 saturated carbocycles. The molecule has 16 heavy (non-hydrogen) atoms. The third kappa shape index (κ3) is 6.31. The molecule has 0 radical (unpaired) electrons. The van der Waals surface area contributed by atoms with Gasteiger partial charge in [-0.2, -0.15) is 0 Å². The predicted molar refractivity (Wildman–Crippen MR) is 76.8 cm³/mol. The molecule has 3 heteroatoms. The SMILES string of the molecule is CCC(CC)CN(CC)C(=S)NCC(C)C. The summed E-state index contributed by atoms with van der Waals surface area (Å²) in [5.41, 5.74) is 0. The van der Waals surface area contributed by atoms with Crippen LogP contribution in [0.2, 0.25) is 0 Å². The Balaban J connectivity index is 4.10. The van der Waals surface area contributed by atoms with Gasteiger partial charge in [-0.3, -0.25) is 0 Å². The maximum absolute atomic E-state index is 5.42. The fourth-order valence-corrected chi connectivity index (χ4v) is 1.90. The van der Waals surface area contributed by atoms with Crippen LogP contribution in [0.4, 0.5) is 0 Å². The molecule has 0 spiro atoms. The van der Waals surface area contributed by atoms with E-state index in [1.807, 2.05) is 0 Å². The summed E-state index contributed by atoms with van der Waals surface area (Å²) in [4.78, 5) is 2.29. The maximum atomic E-state index is 5.42. The van der Waals surface area contributed by atoms with Crippen molar-refractivity contribution in [2.24, 2.45) is 11.8 Å². The van der Waals surface area contributed by atoms with Crippen LogP contribution in [0.1, 0.15) is 47.5 Å². The van der Waals surface area contributed by atoms with Crippen LogP contribution >= 0.6 is 12.2 Å². The first-order valence-electron chi connectivity index (χ1n) is 6.57. The van der Waals surface area contributed by atoms with Crippen molar-refractivity contribution in [1.82, 2.24) is 10.2 Å². The quantitative estimate of drug-likeness (QED) is 0.692. The molecule has 0 aliphatic carbocycles. The van der Waals surface area contributed by atoms with Crippen LogP contribution in [-0.2, 0) is 0 Å². The first-order valence-corrected chi connectivity index (χ1v) is 6.98. The van der Waals surface area contributed by atoms with E-state index in [2.05, 4.69) is 44.8 Å². The highest BCUT2D eigenvalue weighted by molar-refractivity contribution is 7.80. The molecule has 2 nitrogen and oxygen atoms in total. The molecule has 0 aromatic carbocycles. The number of hydrogen-bond donors (Lipinski definition) is 1. The summed E-state index contributed by atoms with van der Waals surface area (Å²) in [5.74, 6) is 1.41. The smallest absolute Gasteiger partial charge is 0.168 e. The minimum absolute atomic E-state index is 0.643. The summed E-state index contributed by atoms with van der Waals surface area (Å²) in [7, 11) is 0. The number of nitrogens with zero attached hydrogens (tertiary/aromatic N) is 1. The van der Waals surface area contributed by atoms with Crippen molar-refractivity contribution >= 4 is 17.3 Å². The summed E-state index contributed by atoms with van der Waals surface area (Å²) in [6.45, 7) is 14.1. The topological polar surface area (TPSA) is 15.3 Å². The molecule has 0 aliphatic rings. The minimum Gasteiger partial charge on any atom is -0.362 e. The summed E-state index contributed by atoms with van der Waals surface area (Å²) in [6.07, 6.45) is 2.47. The number of rotatable bonds is 7. The molecule has 1 N–H and O–H groups in total. The monoisotopic (exact) mass is 244 g/mol. The van der Waals surface area contributed by atoms with Gasteiger partial charge in [0.15, 0.2) is 5.11 Å². The van der Waals surface area contributed by atoms with Gasteiger partial charge in [-0.05, 0) is 31.0 Å². The molecule has 0 heterocycles. The summed E-state index contributed by atoms with van der Waals surface area (Å²) in [5, 5.41) is 4.26. The van der Waals surface area contributed by atoms with Crippen LogP contribution in [0, 0.1) is 11.8 Å². The van der Waals surface area contributed by atoms with E-state index in [4.69, 9.17) is 12.2 Å². The summed E-state index contributed by atoms with van der Waals surface area (Å²) < 4.78 is 0. The Morgan fingerprint density at radius 1 is 1.19 bits per heavy atom. The zero-order valence-corrected chi connectivity index (χ0v) is 12.4. The Morgan fingerprint density at radius 3 is 2.12 bits per heavy atom. The van der Waals surface area contributed by atoms with E-state index in [0.717, 1.165) is 30.7 Å². The second-order valence-corrected chi connectivity index (χ2v) is 5.19. The van der Waals surface area contributed by atoms with Gasteiger partial charge in [-0.15, -0.1) is 0 Å². The van der Waals surface area contributed by atoms with Crippen LogP contribution in [0.25, 0.3) is 0 Å². The summed E-state index contributed by atoms with van der Waals surface area (Å²) >= 11 is 5.42. The van der Waals surface area contributed by atoms with Gasteiger partial charge in [0.1, 0.15) is 0 Å². The van der Waals surface area contributed by atoms with Gasteiger partial charge >= 0.3 is 0 Å². The molecule has 0 aliphatic heterocycles. The Kier molecular flexibility index (Phi) is 8.63. The second-order valence-electron chi connectivity index (χ2n) is 4.80. The van der Waals surface area contributed by atoms with Gasteiger partial charge in [-0.1, -0.05) is 40.5 Å².